The van der Waals surface area contributed by atoms with Crippen LogP contribution >= 0.6 is 23.4 Å². The average Bonchev–Trinajstić information content (AvgIpc) is 3.20. The molecule has 1 heterocycles. The van der Waals surface area contributed by atoms with Crippen molar-refractivity contribution in [2.24, 2.45) is 0 Å². The van der Waals surface area contributed by atoms with Crippen molar-refractivity contribution in [3.05, 3.63) is 101 Å². The van der Waals surface area contributed by atoms with Gasteiger partial charge in [0.05, 0.1) is 19.2 Å². The maximum absolute atomic E-state index is 11.8. The van der Waals surface area contributed by atoms with Crippen LogP contribution in [0.25, 0.3) is 11.4 Å². The van der Waals surface area contributed by atoms with Crippen LogP contribution in [0.4, 0.5) is 0 Å². The van der Waals surface area contributed by atoms with Crippen molar-refractivity contribution in [2.75, 3.05) is 7.11 Å². The van der Waals surface area contributed by atoms with Crippen LogP contribution in [-0.4, -0.2) is 27.8 Å². The molecule has 0 aliphatic carbocycles. The van der Waals surface area contributed by atoms with Crippen molar-refractivity contribution in [1.29, 1.82) is 0 Å². The number of ether oxygens (including phenoxy) is 1. The van der Waals surface area contributed by atoms with Crippen LogP contribution in [-0.2, 0) is 17.0 Å². The number of halogens is 1. The quantitative estimate of drug-likeness (QED) is 0.266. The molecule has 3 aromatic carbocycles. The van der Waals surface area contributed by atoms with Crippen LogP contribution in [0.2, 0.25) is 5.02 Å². The molecule has 0 aliphatic heterocycles. The minimum Gasteiger partial charge on any atom is -0.465 e. The lowest BCUT2D eigenvalue weighted by molar-refractivity contribution is 0.0600. The van der Waals surface area contributed by atoms with Crippen molar-refractivity contribution in [3.63, 3.8) is 0 Å². The molecule has 0 N–H and O–H groups in total. The predicted molar refractivity (Wildman–Crippen MR) is 123 cm³/mol. The van der Waals surface area contributed by atoms with E-state index >= 15 is 0 Å². The predicted octanol–water partition coefficient (Wildman–Crippen LogP) is 5.73. The monoisotopic (exact) mass is 449 g/mol. The zero-order valence-electron chi connectivity index (χ0n) is 16.9. The van der Waals surface area contributed by atoms with Crippen molar-refractivity contribution < 1.29 is 9.53 Å². The minimum atomic E-state index is -0.343. The zero-order valence-corrected chi connectivity index (χ0v) is 18.4. The number of methoxy groups -OCH3 is 1. The van der Waals surface area contributed by atoms with E-state index in [0.717, 1.165) is 27.7 Å². The van der Waals surface area contributed by atoms with Crippen LogP contribution in [0, 0.1) is 0 Å². The molecule has 0 fully saturated rings. The largest absolute Gasteiger partial charge is 0.465 e. The fourth-order valence-corrected chi connectivity index (χ4v) is 4.18. The first-order chi connectivity index (χ1) is 15.1. The summed E-state index contributed by atoms with van der Waals surface area (Å²) in [6.45, 7) is 0.649. The second-order valence-electron chi connectivity index (χ2n) is 6.87. The third kappa shape index (κ3) is 5.16. The van der Waals surface area contributed by atoms with Crippen LogP contribution in [0.1, 0.15) is 21.5 Å². The van der Waals surface area contributed by atoms with E-state index in [4.69, 9.17) is 16.3 Å². The summed E-state index contributed by atoms with van der Waals surface area (Å²) in [6.07, 6.45) is 0. The molecule has 5 nitrogen and oxygen atoms in total. The van der Waals surface area contributed by atoms with Gasteiger partial charge in [-0.05, 0) is 47.5 Å². The van der Waals surface area contributed by atoms with Crippen LogP contribution < -0.4 is 0 Å². The van der Waals surface area contributed by atoms with Gasteiger partial charge in [-0.15, -0.1) is 10.2 Å². The molecule has 0 atom stereocenters. The van der Waals surface area contributed by atoms with E-state index in [1.54, 1.807) is 17.8 Å². The van der Waals surface area contributed by atoms with Crippen molar-refractivity contribution >= 4 is 29.3 Å². The zero-order chi connectivity index (χ0) is 21.6. The molecule has 7 heteroatoms. The lowest BCUT2D eigenvalue weighted by Gasteiger charge is -2.11. The van der Waals surface area contributed by atoms with Crippen molar-refractivity contribution in [1.82, 2.24) is 14.8 Å². The van der Waals surface area contributed by atoms with Gasteiger partial charge < -0.3 is 4.74 Å². The van der Waals surface area contributed by atoms with Gasteiger partial charge in [0.25, 0.3) is 0 Å². The van der Waals surface area contributed by atoms with E-state index in [-0.39, 0.29) is 5.97 Å². The summed E-state index contributed by atoms with van der Waals surface area (Å²) >= 11 is 7.63. The number of rotatable bonds is 7. The Balaban J connectivity index is 1.62. The molecule has 1 aromatic heterocycles. The molecule has 156 valence electrons. The Morgan fingerprint density at radius 2 is 1.71 bits per heavy atom. The van der Waals surface area contributed by atoms with Crippen LogP contribution in [0.3, 0.4) is 0 Å². The highest BCUT2D eigenvalue weighted by Crippen LogP contribution is 2.28. The molecule has 0 amide bonds. The smallest absolute Gasteiger partial charge is 0.337 e. The van der Waals surface area contributed by atoms with E-state index in [0.29, 0.717) is 22.9 Å². The molecule has 0 bridgehead atoms. The average molecular weight is 450 g/mol. The van der Waals surface area contributed by atoms with E-state index in [9.17, 15) is 4.79 Å². The fourth-order valence-electron chi connectivity index (χ4n) is 3.17. The Morgan fingerprint density at radius 3 is 2.45 bits per heavy atom. The first kappa shape index (κ1) is 21.2. The van der Waals surface area contributed by atoms with Gasteiger partial charge in [-0.25, -0.2) is 4.79 Å². The maximum atomic E-state index is 11.8. The Labute approximate surface area is 190 Å². The van der Waals surface area contributed by atoms with Crippen molar-refractivity contribution in [2.45, 2.75) is 17.5 Å². The molecule has 4 aromatic rings. The van der Waals surface area contributed by atoms with Gasteiger partial charge in [-0.2, -0.15) is 0 Å². The fraction of sp³-hybridized carbons (Fsp3) is 0.125. The second-order valence-corrected chi connectivity index (χ2v) is 8.24. The normalized spacial score (nSPS) is 10.8. The van der Waals surface area contributed by atoms with E-state index in [1.165, 1.54) is 7.11 Å². The highest BCUT2D eigenvalue weighted by Gasteiger charge is 2.15. The Morgan fingerprint density at radius 1 is 0.968 bits per heavy atom. The summed E-state index contributed by atoms with van der Waals surface area (Å²) in [7, 11) is 1.38. The number of esters is 1. The number of nitrogens with zero attached hydrogens (tertiary/aromatic N) is 3. The number of thioether (sulfide) groups is 1. The molecule has 31 heavy (non-hydrogen) atoms. The summed E-state index contributed by atoms with van der Waals surface area (Å²) in [4.78, 5) is 11.8. The molecular weight excluding hydrogens is 430 g/mol. The van der Waals surface area contributed by atoms with Gasteiger partial charge in [0, 0.05) is 16.3 Å². The number of carbonyl (C=O) groups excluding carboxylic acids is 1. The van der Waals surface area contributed by atoms with E-state index < -0.39 is 0 Å². The van der Waals surface area contributed by atoms with Gasteiger partial charge in [-0.3, -0.25) is 4.57 Å². The maximum Gasteiger partial charge on any atom is 0.337 e. The SMILES string of the molecule is COC(=O)c1cccc(CSc2nnc(-c3ccc(Cl)cc3)n2Cc2ccccc2)c1. The summed E-state index contributed by atoms with van der Waals surface area (Å²) in [6, 6.07) is 25.2. The molecule has 0 spiro atoms. The Bertz CT molecular complexity index is 1180. The molecule has 0 unspecified atom stereocenters. The first-order valence-electron chi connectivity index (χ1n) is 9.67. The Kier molecular flexibility index (Phi) is 6.70. The van der Waals surface area contributed by atoms with Gasteiger partial charge in [0.15, 0.2) is 11.0 Å². The van der Waals surface area contributed by atoms with Crippen LogP contribution in [0.15, 0.2) is 84.0 Å². The van der Waals surface area contributed by atoms with Crippen molar-refractivity contribution in [3.8, 4) is 11.4 Å². The lowest BCUT2D eigenvalue weighted by Crippen LogP contribution is -2.04. The van der Waals surface area contributed by atoms with Gasteiger partial charge in [-0.1, -0.05) is 65.8 Å². The molecule has 0 aliphatic rings. The molecule has 0 radical (unpaired) electrons. The summed E-state index contributed by atoms with van der Waals surface area (Å²) < 4.78 is 6.92. The molecule has 4 rings (SSSR count). The number of benzene rings is 3. The summed E-state index contributed by atoms with van der Waals surface area (Å²) in [5.74, 6) is 1.09. The molecule has 0 saturated heterocycles. The molecular formula is C24H20ClN3O2S. The topological polar surface area (TPSA) is 57.0 Å². The Hall–Kier alpha value is -3.09. The highest BCUT2D eigenvalue weighted by molar-refractivity contribution is 7.98. The van der Waals surface area contributed by atoms with Gasteiger partial charge >= 0.3 is 5.97 Å². The summed E-state index contributed by atoms with van der Waals surface area (Å²) in [5, 5.41) is 10.4. The third-order valence-corrected chi connectivity index (χ3v) is 6.01. The number of aromatic nitrogens is 3. The number of carbonyl (C=O) groups is 1. The summed E-state index contributed by atoms with van der Waals surface area (Å²) in [5.41, 5.74) is 3.66. The number of hydrogen-bond acceptors (Lipinski definition) is 5. The van der Waals surface area contributed by atoms with E-state index in [1.807, 2.05) is 60.7 Å². The lowest BCUT2D eigenvalue weighted by atomic mass is 10.1. The van der Waals surface area contributed by atoms with E-state index in [2.05, 4.69) is 26.9 Å². The van der Waals surface area contributed by atoms with Gasteiger partial charge in [0.2, 0.25) is 0 Å². The standard InChI is InChI=1S/C24H20ClN3O2S/c1-30-23(29)20-9-5-8-18(14-20)16-31-24-27-26-22(19-10-12-21(25)13-11-19)28(24)15-17-6-3-2-4-7-17/h2-14H,15-16H2,1H3. The highest BCUT2D eigenvalue weighted by atomic mass is 35.5. The molecule has 0 saturated carbocycles. The third-order valence-electron chi connectivity index (χ3n) is 4.72. The number of hydrogen-bond donors (Lipinski definition) is 0. The minimum absolute atomic E-state index is 0.343. The van der Waals surface area contributed by atoms with Crippen LogP contribution in [0.5, 0.6) is 0 Å². The van der Waals surface area contributed by atoms with Gasteiger partial charge in [0.1, 0.15) is 0 Å². The second kappa shape index (κ2) is 9.81. The first-order valence-corrected chi connectivity index (χ1v) is 11.0.